The summed E-state index contributed by atoms with van der Waals surface area (Å²) in [7, 11) is 0. The molecule has 0 unspecified atom stereocenters. The van der Waals surface area contributed by atoms with E-state index in [1.54, 1.807) is 0 Å². The van der Waals surface area contributed by atoms with Crippen molar-refractivity contribution < 1.29 is 0 Å². The van der Waals surface area contributed by atoms with Crippen LogP contribution in [-0.4, -0.2) is 11.6 Å². The van der Waals surface area contributed by atoms with Gasteiger partial charge in [-0.05, 0) is 23.6 Å². The van der Waals surface area contributed by atoms with Crippen molar-refractivity contribution in [2.75, 3.05) is 6.54 Å². The van der Waals surface area contributed by atoms with Gasteiger partial charge in [0.15, 0.2) is 0 Å². The molecule has 120 valence electrons. The van der Waals surface area contributed by atoms with Gasteiger partial charge < -0.3 is 5.73 Å². The van der Waals surface area contributed by atoms with Crippen LogP contribution in [0.15, 0.2) is 72.6 Å². The maximum absolute atomic E-state index is 8.78. The smallest absolute Gasteiger partial charge is 0.126 e. The lowest BCUT2D eigenvalue weighted by Crippen LogP contribution is -2.42. The molecule has 3 rings (SSSR count). The average Bonchev–Trinajstić information content (AvgIpc) is 2.65. The Morgan fingerprint density at radius 1 is 0.958 bits per heavy atom. The number of nitrogens with zero attached hydrogens (tertiary/aromatic N) is 2. The topological polar surface area (TPSA) is 65.1 Å². The van der Waals surface area contributed by atoms with E-state index in [-0.39, 0.29) is 0 Å². The number of hydrogen-bond acceptors (Lipinski definition) is 4. The van der Waals surface area contributed by atoms with Gasteiger partial charge in [0, 0.05) is 18.5 Å². The third-order valence-electron chi connectivity index (χ3n) is 3.95. The number of nitrogens with one attached hydrogen (secondary N) is 1. The number of benzene rings is 2. The summed E-state index contributed by atoms with van der Waals surface area (Å²) in [6, 6.07) is 22.5. The standard InChI is InChI=1S/C20H20N4/c21-13-7-8-14-24-20(22)18(16-9-3-1-4-10-16)15-19(23-24)17-11-5-2-6-12-17/h1-6,9-12,15,23H,7-8,14,22H2. The number of rotatable bonds is 5. The molecular weight excluding hydrogens is 296 g/mol. The lowest BCUT2D eigenvalue weighted by atomic mass is 10.0. The number of hydrogen-bond donors (Lipinski definition) is 2. The van der Waals surface area contributed by atoms with Crippen molar-refractivity contribution in [3.8, 4) is 6.07 Å². The molecule has 0 amide bonds. The van der Waals surface area contributed by atoms with Gasteiger partial charge >= 0.3 is 0 Å². The van der Waals surface area contributed by atoms with Crippen LogP contribution in [0.5, 0.6) is 0 Å². The second-order valence-electron chi connectivity index (χ2n) is 5.61. The van der Waals surface area contributed by atoms with Crippen LogP contribution in [0.3, 0.4) is 0 Å². The van der Waals surface area contributed by atoms with Gasteiger partial charge in [-0.15, -0.1) is 0 Å². The third kappa shape index (κ3) is 3.41. The van der Waals surface area contributed by atoms with Gasteiger partial charge in [0.1, 0.15) is 5.82 Å². The highest BCUT2D eigenvalue weighted by Crippen LogP contribution is 2.28. The first-order valence-corrected chi connectivity index (χ1v) is 8.03. The zero-order valence-corrected chi connectivity index (χ0v) is 13.4. The van der Waals surface area contributed by atoms with E-state index < -0.39 is 0 Å². The van der Waals surface area contributed by atoms with Crippen LogP contribution in [0.1, 0.15) is 24.0 Å². The van der Waals surface area contributed by atoms with Crippen LogP contribution in [0, 0.1) is 11.3 Å². The molecule has 1 aliphatic heterocycles. The minimum Gasteiger partial charge on any atom is -0.383 e. The fourth-order valence-electron chi connectivity index (χ4n) is 2.71. The molecule has 2 aromatic rings. The van der Waals surface area contributed by atoms with E-state index in [0.717, 1.165) is 28.8 Å². The summed E-state index contributed by atoms with van der Waals surface area (Å²) in [5.41, 5.74) is 13.9. The molecule has 0 atom stereocenters. The van der Waals surface area contributed by atoms with Gasteiger partial charge in [0.2, 0.25) is 0 Å². The summed E-state index contributed by atoms with van der Waals surface area (Å²) in [4.78, 5) is 0. The van der Waals surface area contributed by atoms with Gasteiger partial charge in [0.25, 0.3) is 0 Å². The molecule has 0 aliphatic carbocycles. The maximum Gasteiger partial charge on any atom is 0.126 e. The van der Waals surface area contributed by atoms with Crippen molar-refractivity contribution in [3.05, 3.63) is 83.7 Å². The van der Waals surface area contributed by atoms with E-state index in [0.29, 0.717) is 18.8 Å². The predicted octanol–water partition coefficient (Wildman–Crippen LogP) is 3.48. The molecule has 0 saturated heterocycles. The third-order valence-corrected chi connectivity index (χ3v) is 3.95. The first-order valence-electron chi connectivity index (χ1n) is 8.03. The van der Waals surface area contributed by atoms with Crippen molar-refractivity contribution >= 4 is 11.3 Å². The summed E-state index contributed by atoms with van der Waals surface area (Å²) < 4.78 is 0. The summed E-state index contributed by atoms with van der Waals surface area (Å²) in [6.45, 7) is 0.680. The Kier molecular flexibility index (Phi) is 4.83. The lowest BCUT2D eigenvalue weighted by Gasteiger charge is -2.33. The van der Waals surface area contributed by atoms with E-state index in [4.69, 9.17) is 11.0 Å². The van der Waals surface area contributed by atoms with E-state index in [9.17, 15) is 0 Å². The lowest BCUT2D eigenvalue weighted by molar-refractivity contribution is 0.287. The van der Waals surface area contributed by atoms with Gasteiger partial charge in [-0.2, -0.15) is 5.26 Å². The highest BCUT2D eigenvalue weighted by molar-refractivity contribution is 5.86. The van der Waals surface area contributed by atoms with Crippen LogP contribution >= 0.6 is 0 Å². The monoisotopic (exact) mass is 316 g/mol. The van der Waals surface area contributed by atoms with Crippen LogP contribution < -0.4 is 11.2 Å². The first kappa shape index (κ1) is 15.7. The minimum absolute atomic E-state index is 0.510. The molecule has 3 N–H and O–H groups in total. The highest BCUT2D eigenvalue weighted by Gasteiger charge is 2.19. The Bertz CT molecular complexity index is 785. The first-order chi connectivity index (χ1) is 11.8. The Balaban J connectivity index is 1.98. The van der Waals surface area contributed by atoms with Gasteiger partial charge in [-0.3, -0.25) is 10.4 Å². The number of hydrazine groups is 1. The normalized spacial score (nSPS) is 14.0. The molecular formula is C20H20N4. The van der Waals surface area contributed by atoms with Gasteiger partial charge in [0.05, 0.1) is 11.8 Å². The van der Waals surface area contributed by atoms with E-state index in [1.807, 2.05) is 41.4 Å². The van der Waals surface area contributed by atoms with Crippen LogP contribution in [0.2, 0.25) is 0 Å². The van der Waals surface area contributed by atoms with Crippen molar-refractivity contribution in [1.82, 2.24) is 10.4 Å². The van der Waals surface area contributed by atoms with Gasteiger partial charge in [-0.1, -0.05) is 60.7 Å². The van der Waals surface area contributed by atoms with E-state index >= 15 is 0 Å². The summed E-state index contributed by atoms with van der Waals surface area (Å²) in [5, 5.41) is 10.7. The van der Waals surface area contributed by atoms with Crippen LogP contribution in [-0.2, 0) is 0 Å². The van der Waals surface area contributed by atoms with Crippen molar-refractivity contribution in [3.63, 3.8) is 0 Å². The van der Waals surface area contributed by atoms with Crippen molar-refractivity contribution in [2.24, 2.45) is 5.73 Å². The van der Waals surface area contributed by atoms with E-state index in [2.05, 4.69) is 41.8 Å². The maximum atomic E-state index is 8.78. The summed E-state index contributed by atoms with van der Waals surface area (Å²) in [6.07, 6.45) is 3.35. The molecule has 0 aromatic heterocycles. The fourth-order valence-corrected chi connectivity index (χ4v) is 2.71. The molecule has 1 aliphatic rings. The largest absolute Gasteiger partial charge is 0.383 e. The zero-order chi connectivity index (χ0) is 16.8. The summed E-state index contributed by atoms with van der Waals surface area (Å²) >= 11 is 0. The Hall–Kier alpha value is -3.19. The van der Waals surface area contributed by atoms with Crippen LogP contribution in [0.4, 0.5) is 0 Å². The van der Waals surface area contributed by atoms with Crippen molar-refractivity contribution in [2.45, 2.75) is 12.8 Å². The predicted molar refractivity (Wildman–Crippen MR) is 96.7 cm³/mol. The Morgan fingerprint density at radius 2 is 1.58 bits per heavy atom. The molecule has 0 fully saturated rings. The SMILES string of the molecule is N#CCCCN1NC(c2ccccc2)=CC(c2ccccc2)=C1N. The number of nitriles is 1. The quantitative estimate of drug-likeness (QED) is 0.829. The molecule has 0 radical (unpaired) electrons. The number of nitrogens with two attached hydrogens (primary N) is 1. The highest BCUT2D eigenvalue weighted by atomic mass is 15.5. The molecule has 0 spiro atoms. The van der Waals surface area contributed by atoms with Crippen molar-refractivity contribution in [1.29, 1.82) is 5.26 Å². The van der Waals surface area contributed by atoms with Gasteiger partial charge in [-0.25, -0.2) is 0 Å². The Labute approximate surface area is 142 Å². The average molecular weight is 316 g/mol. The number of allylic oxidation sites excluding steroid dienone is 2. The second-order valence-corrected chi connectivity index (χ2v) is 5.61. The minimum atomic E-state index is 0.510. The number of unbranched alkanes of at least 4 members (excludes halogenated alkanes) is 1. The second kappa shape index (κ2) is 7.38. The molecule has 24 heavy (non-hydrogen) atoms. The summed E-state index contributed by atoms with van der Waals surface area (Å²) in [5.74, 6) is 0.679. The molecule has 4 nitrogen and oxygen atoms in total. The van der Waals surface area contributed by atoms with Crippen LogP contribution in [0.25, 0.3) is 11.3 Å². The fraction of sp³-hybridized carbons (Fsp3) is 0.150. The zero-order valence-electron chi connectivity index (χ0n) is 13.4. The Morgan fingerprint density at radius 3 is 2.21 bits per heavy atom. The molecule has 1 heterocycles. The molecule has 4 heteroatoms. The molecule has 0 saturated carbocycles. The van der Waals surface area contributed by atoms with E-state index in [1.165, 1.54) is 0 Å². The molecule has 0 bridgehead atoms. The molecule has 2 aromatic carbocycles.